The van der Waals surface area contributed by atoms with E-state index in [2.05, 4.69) is 34.6 Å². The van der Waals surface area contributed by atoms with E-state index in [0.717, 1.165) is 19.3 Å². The van der Waals surface area contributed by atoms with E-state index in [1.165, 1.54) is 0 Å². The maximum atomic E-state index is 10.2. The monoisotopic (exact) mass is 172 g/mol. The maximum absolute atomic E-state index is 10.2. The third kappa shape index (κ3) is 3.14. The van der Waals surface area contributed by atoms with Crippen molar-refractivity contribution >= 4 is 0 Å². The molecule has 0 heterocycles. The van der Waals surface area contributed by atoms with Crippen molar-refractivity contribution in [1.82, 2.24) is 0 Å². The summed E-state index contributed by atoms with van der Waals surface area (Å²) in [5.41, 5.74) is -0.435. The molecule has 0 aromatic heterocycles. The highest BCUT2D eigenvalue weighted by Gasteiger charge is 2.29. The largest absolute Gasteiger partial charge is 0.390 e. The Morgan fingerprint density at radius 2 is 1.67 bits per heavy atom. The molecule has 0 amide bonds. The van der Waals surface area contributed by atoms with E-state index in [4.69, 9.17) is 0 Å². The van der Waals surface area contributed by atoms with Gasteiger partial charge in [-0.2, -0.15) is 0 Å². The fraction of sp³-hybridized carbons (Fsp3) is 1.00. The van der Waals surface area contributed by atoms with Gasteiger partial charge in [-0.1, -0.05) is 41.0 Å². The molecule has 74 valence electrons. The van der Waals surface area contributed by atoms with Gasteiger partial charge in [-0.15, -0.1) is 0 Å². The zero-order valence-electron chi connectivity index (χ0n) is 9.22. The summed E-state index contributed by atoms with van der Waals surface area (Å²) >= 11 is 0. The summed E-state index contributed by atoms with van der Waals surface area (Å²) in [5.74, 6) is 1.01. The van der Waals surface area contributed by atoms with Crippen LogP contribution < -0.4 is 0 Å². The van der Waals surface area contributed by atoms with E-state index >= 15 is 0 Å². The molecule has 0 aliphatic carbocycles. The Hall–Kier alpha value is -0.0400. The first-order chi connectivity index (χ1) is 5.46. The van der Waals surface area contributed by atoms with Gasteiger partial charge in [0, 0.05) is 0 Å². The Morgan fingerprint density at radius 3 is 1.92 bits per heavy atom. The highest BCUT2D eigenvalue weighted by molar-refractivity contribution is 4.81. The lowest BCUT2D eigenvalue weighted by Gasteiger charge is -2.33. The third-order valence-corrected chi connectivity index (χ3v) is 3.09. The summed E-state index contributed by atoms with van der Waals surface area (Å²) in [6, 6.07) is 0. The van der Waals surface area contributed by atoms with Gasteiger partial charge in [0.15, 0.2) is 0 Å². The van der Waals surface area contributed by atoms with Crippen LogP contribution in [0.25, 0.3) is 0 Å². The second-order valence-corrected chi connectivity index (χ2v) is 4.33. The molecular formula is C11H24O. The molecule has 1 nitrogen and oxygen atoms in total. The molecule has 12 heavy (non-hydrogen) atoms. The lowest BCUT2D eigenvalue weighted by Crippen LogP contribution is -2.35. The number of aliphatic hydroxyl groups is 1. The zero-order valence-corrected chi connectivity index (χ0v) is 9.22. The van der Waals surface area contributed by atoms with Gasteiger partial charge in [0.1, 0.15) is 0 Å². The SMILES string of the molecule is CCC(C)CC(O)(CC)C(C)C. The normalized spacial score (nSPS) is 19.2. The minimum absolute atomic E-state index is 0.372. The summed E-state index contributed by atoms with van der Waals surface area (Å²) in [7, 11) is 0. The Bertz CT molecular complexity index is 120. The van der Waals surface area contributed by atoms with Crippen LogP contribution in [-0.4, -0.2) is 10.7 Å². The van der Waals surface area contributed by atoms with Crippen molar-refractivity contribution in [3.8, 4) is 0 Å². The third-order valence-electron chi connectivity index (χ3n) is 3.09. The van der Waals surface area contributed by atoms with E-state index in [9.17, 15) is 5.11 Å². The Labute approximate surface area is 77.2 Å². The molecule has 0 aromatic rings. The van der Waals surface area contributed by atoms with Crippen molar-refractivity contribution in [2.24, 2.45) is 11.8 Å². The highest BCUT2D eigenvalue weighted by Crippen LogP contribution is 2.29. The molecule has 1 N–H and O–H groups in total. The van der Waals surface area contributed by atoms with Gasteiger partial charge in [0.25, 0.3) is 0 Å². The van der Waals surface area contributed by atoms with Crippen molar-refractivity contribution in [3.05, 3.63) is 0 Å². The molecule has 0 rings (SSSR count). The Morgan fingerprint density at radius 1 is 1.17 bits per heavy atom. The fourth-order valence-electron chi connectivity index (χ4n) is 1.54. The molecule has 0 bridgehead atoms. The maximum Gasteiger partial charge on any atom is 0.0670 e. The van der Waals surface area contributed by atoms with Crippen molar-refractivity contribution in [2.75, 3.05) is 0 Å². The van der Waals surface area contributed by atoms with Crippen molar-refractivity contribution < 1.29 is 5.11 Å². The first-order valence-electron chi connectivity index (χ1n) is 5.18. The molecule has 0 aliphatic heterocycles. The first-order valence-corrected chi connectivity index (χ1v) is 5.18. The minimum atomic E-state index is -0.435. The molecule has 2 atom stereocenters. The van der Waals surface area contributed by atoms with Crippen LogP contribution in [0.3, 0.4) is 0 Å². The molecule has 1 heteroatoms. The van der Waals surface area contributed by atoms with Crippen molar-refractivity contribution in [1.29, 1.82) is 0 Å². The Kier molecular flexibility index (Phi) is 4.84. The van der Waals surface area contributed by atoms with Crippen LogP contribution >= 0.6 is 0 Å². The zero-order chi connectivity index (χ0) is 9.78. The minimum Gasteiger partial charge on any atom is -0.390 e. The molecule has 0 fully saturated rings. The molecule has 2 unspecified atom stereocenters. The summed E-state index contributed by atoms with van der Waals surface area (Å²) in [4.78, 5) is 0. The summed E-state index contributed by atoms with van der Waals surface area (Å²) in [5, 5.41) is 10.2. The van der Waals surface area contributed by atoms with E-state index < -0.39 is 5.60 Å². The summed E-state index contributed by atoms with van der Waals surface area (Å²) in [6.07, 6.45) is 2.97. The molecule has 0 aromatic carbocycles. The molecule has 0 aliphatic rings. The van der Waals surface area contributed by atoms with Crippen LogP contribution in [0.4, 0.5) is 0 Å². The molecule has 0 saturated carbocycles. The fourth-order valence-corrected chi connectivity index (χ4v) is 1.54. The van der Waals surface area contributed by atoms with Gasteiger partial charge in [0.2, 0.25) is 0 Å². The van der Waals surface area contributed by atoms with Crippen molar-refractivity contribution in [3.63, 3.8) is 0 Å². The van der Waals surface area contributed by atoms with E-state index in [1.807, 2.05) is 0 Å². The van der Waals surface area contributed by atoms with Crippen molar-refractivity contribution in [2.45, 2.75) is 59.5 Å². The van der Waals surface area contributed by atoms with Crippen LogP contribution in [0.15, 0.2) is 0 Å². The lowest BCUT2D eigenvalue weighted by molar-refractivity contribution is -0.0287. The standard InChI is InChI=1S/C11H24O/c1-6-10(5)8-11(12,7-2)9(3)4/h9-10,12H,6-8H2,1-5H3. The molecule has 0 saturated heterocycles. The summed E-state index contributed by atoms with van der Waals surface area (Å²) < 4.78 is 0. The predicted octanol–water partition coefficient (Wildman–Crippen LogP) is 3.22. The van der Waals surface area contributed by atoms with Gasteiger partial charge >= 0.3 is 0 Å². The van der Waals surface area contributed by atoms with Crippen LogP contribution in [0.2, 0.25) is 0 Å². The molecular weight excluding hydrogens is 148 g/mol. The first kappa shape index (κ1) is 12.0. The highest BCUT2D eigenvalue weighted by atomic mass is 16.3. The smallest absolute Gasteiger partial charge is 0.0670 e. The van der Waals surface area contributed by atoms with Crippen LogP contribution in [0.5, 0.6) is 0 Å². The van der Waals surface area contributed by atoms with Gasteiger partial charge in [0.05, 0.1) is 5.60 Å². The van der Waals surface area contributed by atoms with Gasteiger partial charge in [-0.3, -0.25) is 0 Å². The quantitative estimate of drug-likeness (QED) is 0.675. The number of rotatable bonds is 5. The van der Waals surface area contributed by atoms with Crippen LogP contribution in [-0.2, 0) is 0 Å². The van der Waals surface area contributed by atoms with E-state index in [1.54, 1.807) is 0 Å². The summed E-state index contributed by atoms with van der Waals surface area (Å²) in [6.45, 7) is 10.7. The topological polar surface area (TPSA) is 20.2 Å². The van der Waals surface area contributed by atoms with E-state index in [-0.39, 0.29) is 0 Å². The lowest BCUT2D eigenvalue weighted by atomic mass is 9.80. The van der Waals surface area contributed by atoms with Gasteiger partial charge < -0.3 is 5.11 Å². The van der Waals surface area contributed by atoms with E-state index in [0.29, 0.717) is 11.8 Å². The molecule has 0 radical (unpaired) electrons. The second-order valence-electron chi connectivity index (χ2n) is 4.33. The van der Waals surface area contributed by atoms with Crippen LogP contribution in [0.1, 0.15) is 53.9 Å². The predicted molar refractivity (Wildman–Crippen MR) is 54.2 cm³/mol. The average Bonchev–Trinajstić information content (AvgIpc) is 2.03. The Balaban J connectivity index is 4.14. The molecule has 0 spiro atoms. The second kappa shape index (κ2) is 4.86. The van der Waals surface area contributed by atoms with Gasteiger partial charge in [-0.05, 0) is 24.7 Å². The number of hydrogen-bond acceptors (Lipinski definition) is 1. The number of hydrogen-bond donors (Lipinski definition) is 1. The van der Waals surface area contributed by atoms with Crippen LogP contribution in [0, 0.1) is 11.8 Å². The van der Waals surface area contributed by atoms with Gasteiger partial charge in [-0.25, -0.2) is 0 Å². The average molecular weight is 172 g/mol.